The Bertz CT molecular complexity index is 679. The molecule has 0 bridgehead atoms. The third-order valence-corrected chi connectivity index (χ3v) is 4.37. The Labute approximate surface area is 137 Å². The number of carbonyl (C=O) groups is 1. The highest BCUT2D eigenvalue weighted by Crippen LogP contribution is 2.29. The molecule has 21 heavy (non-hydrogen) atoms. The number of alkyl halides is 1. The number of nitrogens with zero attached hydrogens (tertiary/aromatic N) is 2. The molecule has 1 saturated carbocycles. The van der Waals surface area contributed by atoms with Gasteiger partial charge in [0.1, 0.15) is 5.82 Å². The second-order valence-electron chi connectivity index (χ2n) is 5.44. The maximum atomic E-state index is 11.7. The molecule has 3 rings (SSSR count). The summed E-state index contributed by atoms with van der Waals surface area (Å²) in [5, 5.41) is 2.81. The van der Waals surface area contributed by atoms with Crippen LogP contribution in [0.5, 0.6) is 0 Å². The van der Waals surface area contributed by atoms with Gasteiger partial charge in [-0.25, -0.2) is 4.98 Å². The summed E-state index contributed by atoms with van der Waals surface area (Å²) in [5.41, 5.74) is 1.96. The summed E-state index contributed by atoms with van der Waals surface area (Å²) in [6.45, 7) is 3.19. The van der Waals surface area contributed by atoms with Crippen LogP contribution in [-0.2, 0) is 11.3 Å². The molecule has 1 atom stereocenters. The number of carbonyl (C=O) groups excluding carboxylic acids is 1. The topological polar surface area (TPSA) is 46.9 Å². The maximum Gasteiger partial charge on any atom is 0.223 e. The van der Waals surface area contributed by atoms with E-state index in [9.17, 15) is 4.79 Å². The molecule has 1 aliphatic carbocycles. The quantitative estimate of drug-likeness (QED) is 0.817. The molecule has 1 aromatic carbocycles. The molecule has 6 heteroatoms. The molecular formula is C15H17BrClN3O. The minimum Gasteiger partial charge on any atom is -0.354 e. The molecule has 1 aliphatic rings. The Morgan fingerprint density at radius 2 is 2.33 bits per heavy atom. The van der Waals surface area contributed by atoms with E-state index in [2.05, 4.69) is 30.8 Å². The Balaban J connectivity index is 1.82. The smallest absolute Gasteiger partial charge is 0.223 e. The van der Waals surface area contributed by atoms with Crippen LogP contribution < -0.4 is 5.32 Å². The maximum absolute atomic E-state index is 11.7. The molecule has 0 aliphatic heterocycles. The first-order chi connectivity index (χ1) is 10.1. The third kappa shape index (κ3) is 3.24. The van der Waals surface area contributed by atoms with Crippen molar-refractivity contribution in [2.24, 2.45) is 5.92 Å². The predicted molar refractivity (Wildman–Crippen MR) is 87.4 cm³/mol. The molecule has 1 N–H and O–H groups in total. The average molecular weight is 371 g/mol. The molecule has 1 amide bonds. The van der Waals surface area contributed by atoms with Gasteiger partial charge in [-0.1, -0.05) is 15.9 Å². The number of fused-ring (bicyclic) bond motifs is 1. The van der Waals surface area contributed by atoms with Gasteiger partial charge in [0.2, 0.25) is 5.91 Å². The molecule has 1 unspecified atom stereocenters. The molecule has 4 nitrogen and oxygen atoms in total. The lowest BCUT2D eigenvalue weighted by Gasteiger charge is -2.11. The fourth-order valence-electron chi connectivity index (χ4n) is 2.43. The summed E-state index contributed by atoms with van der Waals surface area (Å²) >= 11 is 9.73. The van der Waals surface area contributed by atoms with Crippen molar-refractivity contribution in [3.05, 3.63) is 28.5 Å². The van der Waals surface area contributed by atoms with Gasteiger partial charge in [0.15, 0.2) is 0 Å². The standard InChI is InChI=1S/C15H17BrClN3O/c1-9(17)14-19-12-5-4-11(16)8-13(12)20(14)7-6-18-15(21)10-2-3-10/h4-5,8-10H,2-3,6-7H2,1H3,(H,18,21). The molecule has 1 aromatic heterocycles. The summed E-state index contributed by atoms with van der Waals surface area (Å²) < 4.78 is 3.09. The second-order valence-corrected chi connectivity index (χ2v) is 7.01. The van der Waals surface area contributed by atoms with Gasteiger partial charge in [0.25, 0.3) is 0 Å². The first kappa shape index (κ1) is 14.9. The predicted octanol–water partition coefficient (Wildman–Crippen LogP) is 3.62. The van der Waals surface area contributed by atoms with Gasteiger partial charge in [0, 0.05) is 23.5 Å². The third-order valence-electron chi connectivity index (χ3n) is 3.68. The van der Waals surface area contributed by atoms with Crippen LogP contribution in [0.25, 0.3) is 11.0 Å². The van der Waals surface area contributed by atoms with E-state index in [1.165, 1.54) is 0 Å². The van der Waals surface area contributed by atoms with E-state index >= 15 is 0 Å². The van der Waals surface area contributed by atoms with Gasteiger partial charge < -0.3 is 9.88 Å². The summed E-state index contributed by atoms with van der Waals surface area (Å²) in [6.07, 6.45) is 2.05. The second kappa shape index (κ2) is 5.97. The van der Waals surface area contributed by atoms with Crippen molar-refractivity contribution in [3.63, 3.8) is 0 Å². The number of benzene rings is 1. The van der Waals surface area contributed by atoms with Crippen LogP contribution in [0.2, 0.25) is 0 Å². The molecule has 0 saturated heterocycles. The first-order valence-corrected chi connectivity index (χ1v) is 8.36. The number of hydrogen-bond acceptors (Lipinski definition) is 2. The summed E-state index contributed by atoms with van der Waals surface area (Å²) in [7, 11) is 0. The first-order valence-electron chi connectivity index (χ1n) is 7.13. The normalized spacial score (nSPS) is 16.1. The lowest BCUT2D eigenvalue weighted by molar-refractivity contribution is -0.122. The van der Waals surface area contributed by atoms with Crippen LogP contribution >= 0.6 is 27.5 Å². The van der Waals surface area contributed by atoms with Gasteiger partial charge >= 0.3 is 0 Å². The van der Waals surface area contributed by atoms with Gasteiger partial charge in [-0.15, -0.1) is 11.6 Å². The van der Waals surface area contributed by atoms with Gasteiger partial charge in [0.05, 0.1) is 16.4 Å². The van der Waals surface area contributed by atoms with Crippen molar-refractivity contribution >= 4 is 44.5 Å². The Morgan fingerprint density at radius 1 is 1.57 bits per heavy atom. The highest BCUT2D eigenvalue weighted by Gasteiger charge is 2.29. The highest BCUT2D eigenvalue weighted by molar-refractivity contribution is 9.10. The van der Waals surface area contributed by atoms with Crippen molar-refractivity contribution < 1.29 is 4.79 Å². The number of rotatable bonds is 5. The highest BCUT2D eigenvalue weighted by atomic mass is 79.9. The van der Waals surface area contributed by atoms with Crippen LogP contribution in [0.4, 0.5) is 0 Å². The summed E-state index contributed by atoms with van der Waals surface area (Å²) in [6, 6.07) is 5.98. The number of aromatic nitrogens is 2. The van der Waals surface area contributed by atoms with E-state index in [1.54, 1.807) is 0 Å². The molecule has 1 heterocycles. The Hall–Kier alpha value is -1.07. The fraction of sp³-hybridized carbons (Fsp3) is 0.467. The summed E-state index contributed by atoms with van der Waals surface area (Å²) in [4.78, 5) is 16.3. The zero-order valence-corrected chi connectivity index (χ0v) is 14.1. The monoisotopic (exact) mass is 369 g/mol. The largest absolute Gasteiger partial charge is 0.354 e. The van der Waals surface area contributed by atoms with Crippen molar-refractivity contribution in [1.29, 1.82) is 0 Å². The Kier molecular flexibility index (Phi) is 4.22. The number of hydrogen-bond donors (Lipinski definition) is 1. The number of amides is 1. The van der Waals surface area contributed by atoms with E-state index in [-0.39, 0.29) is 17.2 Å². The number of halogens is 2. The molecule has 0 radical (unpaired) electrons. The van der Waals surface area contributed by atoms with Crippen molar-refractivity contribution in [3.8, 4) is 0 Å². The van der Waals surface area contributed by atoms with Crippen molar-refractivity contribution in [2.75, 3.05) is 6.54 Å². The molecule has 2 aromatic rings. The van der Waals surface area contributed by atoms with E-state index in [0.29, 0.717) is 13.1 Å². The molecular weight excluding hydrogens is 354 g/mol. The van der Waals surface area contributed by atoms with E-state index in [0.717, 1.165) is 34.2 Å². The zero-order valence-electron chi connectivity index (χ0n) is 11.8. The fourth-order valence-corrected chi connectivity index (χ4v) is 2.95. The van der Waals surface area contributed by atoms with Crippen LogP contribution in [0.15, 0.2) is 22.7 Å². The molecule has 112 valence electrons. The lowest BCUT2D eigenvalue weighted by atomic mass is 10.3. The van der Waals surface area contributed by atoms with Gasteiger partial charge in [-0.3, -0.25) is 4.79 Å². The average Bonchev–Trinajstić information content (AvgIpc) is 3.22. The minimum atomic E-state index is -0.171. The number of imidazole rings is 1. The van der Waals surface area contributed by atoms with E-state index < -0.39 is 0 Å². The summed E-state index contributed by atoms with van der Waals surface area (Å²) in [5.74, 6) is 1.25. The Morgan fingerprint density at radius 3 is 3.00 bits per heavy atom. The van der Waals surface area contributed by atoms with Gasteiger partial charge in [-0.05, 0) is 38.0 Å². The van der Waals surface area contributed by atoms with E-state index in [1.807, 2.05) is 25.1 Å². The van der Waals surface area contributed by atoms with Crippen molar-refractivity contribution in [1.82, 2.24) is 14.9 Å². The minimum absolute atomic E-state index is 0.168. The SMILES string of the molecule is CC(Cl)c1nc2ccc(Br)cc2n1CCNC(=O)C1CC1. The van der Waals surface area contributed by atoms with Gasteiger partial charge in [-0.2, -0.15) is 0 Å². The van der Waals surface area contributed by atoms with Crippen LogP contribution in [0, 0.1) is 5.92 Å². The van der Waals surface area contributed by atoms with E-state index in [4.69, 9.17) is 11.6 Å². The zero-order chi connectivity index (χ0) is 15.0. The van der Waals surface area contributed by atoms with Crippen LogP contribution in [0.3, 0.4) is 0 Å². The molecule has 0 spiro atoms. The number of nitrogens with one attached hydrogen (secondary N) is 1. The molecule has 1 fully saturated rings. The lowest BCUT2D eigenvalue weighted by Crippen LogP contribution is -2.28. The van der Waals surface area contributed by atoms with Crippen LogP contribution in [-0.4, -0.2) is 22.0 Å². The van der Waals surface area contributed by atoms with Crippen molar-refractivity contribution in [2.45, 2.75) is 31.7 Å². The van der Waals surface area contributed by atoms with Crippen LogP contribution in [0.1, 0.15) is 31.0 Å².